The van der Waals surface area contributed by atoms with Crippen LogP contribution in [0.15, 0.2) is 40.2 Å². The fourth-order valence-electron chi connectivity index (χ4n) is 3.88. The summed E-state index contributed by atoms with van der Waals surface area (Å²) in [4.78, 5) is 11.4. The van der Waals surface area contributed by atoms with E-state index in [1.807, 2.05) is 11.8 Å². The molecule has 29 heavy (non-hydrogen) atoms. The first-order valence-corrected chi connectivity index (χ1v) is 12.0. The van der Waals surface area contributed by atoms with Gasteiger partial charge in [-0.15, -0.1) is 11.8 Å². The molecule has 1 aromatic rings. The summed E-state index contributed by atoms with van der Waals surface area (Å²) in [5.74, 6) is 1.59. The van der Waals surface area contributed by atoms with E-state index in [1.165, 1.54) is 17.7 Å². The van der Waals surface area contributed by atoms with Crippen LogP contribution in [0.2, 0.25) is 0 Å². The zero-order valence-electron chi connectivity index (χ0n) is 18.7. The molecule has 0 bridgehead atoms. The molecule has 1 saturated carbocycles. The van der Waals surface area contributed by atoms with Crippen molar-refractivity contribution >= 4 is 17.7 Å². The molecule has 5 nitrogen and oxygen atoms in total. The minimum atomic E-state index is 0.290. The molecule has 1 heterocycles. The number of nitrogens with zero attached hydrogens (tertiary/aromatic N) is 3. The topological polar surface area (TPSA) is 42.9 Å². The molecule has 162 valence electrons. The molecule has 6 heteroatoms. The Balaban J connectivity index is 1.55. The number of rotatable bonds is 9. The van der Waals surface area contributed by atoms with E-state index in [-0.39, 0.29) is 0 Å². The molecule has 1 aliphatic heterocycles. The first-order chi connectivity index (χ1) is 14.0. The first-order valence-electron chi connectivity index (χ1n) is 11.2. The van der Waals surface area contributed by atoms with Crippen LogP contribution in [0.25, 0.3) is 0 Å². The Kier molecular flexibility index (Phi) is 8.27. The second kappa shape index (κ2) is 10.7. The Morgan fingerprint density at radius 3 is 2.38 bits per heavy atom. The minimum absolute atomic E-state index is 0.290. The van der Waals surface area contributed by atoms with Crippen molar-refractivity contribution in [1.29, 1.82) is 0 Å². The van der Waals surface area contributed by atoms with Crippen molar-refractivity contribution in [2.24, 2.45) is 10.9 Å². The lowest BCUT2D eigenvalue weighted by Gasteiger charge is -2.40. The minimum Gasteiger partial charge on any atom is -0.357 e. The standard InChI is InChI=1S/C23H39N5S/c1-5-24-22(25-17-21(19(2)3)28-15-13-27(4)14-16-28)26-18-23(11-12-23)29-20-9-7-6-8-10-20/h6-10,19,21H,5,11-18H2,1-4H3,(H2,24,25,26). The number of guanidine groups is 1. The summed E-state index contributed by atoms with van der Waals surface area (Å²) in [6.45, 7) is 14.2. The molecule has 1 atom stereocenters. The highest BCUT2D eigenvalue weighted by atomic mass is 32.2. The Bertz CT molecular complexity index is 636. The van der Waals surface area contributed by atoms with Crippen molar-refractivity contribution in [2.45, 2.75) is 49.3 Å². The average Bonchev–Trinajstić information content (AvgIpc) is 3.47. The molecule has 1 aromatic carbocycles. The van der Waals surface area contributed by atoms with Gasteiger partial charge in [0.2, 0.25) is 0 Å². The lowest BCUT2D eigenvalue weighted by atomic mass is 10.0. The second-order valence-corrected chi connectivity index (χ2v) is 10.4. The molecule has 0 spiro atoms. The molecule has 2 fully saturated rings. The van der Waals surface area contributed by atoms with Gasteiger partial charge in [0.15, 0.2) is 5.96 Å². The quantitative estimate of drug-likeness (QED) is 0.477. The smallest absolute Gasteiger partial charge is 0.191 e. The third kappa shape index (κ3) is 6.90. The Labute approximate surface area is 181 Å². The lowest BCUT2D eigenvalue weighted by Crippen LogP contribution is -2.55. The van der Waals surface area contributed by atoms with Crippen LogP contribution < -0.4 is 10.6 Å². The Morgan fingerprint density at radius 2 is 1.79 bits per heavy atom. The largest absolute Gasteiger partial charge is 0.357 e. The number of aliphatic imine (C=N–C) groups is 1. The molecule has 0 amide bonds. The van der Waals surface area contributed by atoms with Crippen molar-refractivity contribution in [3.05, 3.63) is 30.3 Å². The first kappa shape index (κ1) is 22.4. The maximum atomic E-state index is 4.98. The van der Waals surface area contributed by atoms with E-state index in [2.05, 4.69) is 78.6 Å². The van der Waals surface area contributed by atoms with E-state index >= 15 is 0 Å². The molecule has 1 saturated heterocycles. The van der Waals surface area contributed by atoms with Gasteiger partial charge in [0, 0.05) is 55.0 Å². The number of hydrogen-bond acceptors (Lipinski definition) is 4. The van der Waals surface area contributed by atoms with E-state index in [0.29, 0.717) is 16.7 Å². The van der Waals surface area contributed by atoms with Crippen LogP contribution >= 0.6 is 11.8 Å². The van der Waals surface area contributed by atoms with E-state index in [4.69, 9.17) is 4.99 Å². The summed E-state index contributed by atoms with van der Waals surface area (Å²) in [7, 11) is 2.22. The third-order valence-corrected chi connectivity index (χ3v) is 7.49. The predicted octanol–water partition coefficient (Wildman–Crippen LogP) is 3.14. The van der Waals surface area contributed by atoms with E-state index in [0.717, 1.165) is 51.8 Å². The number of nitrogens with one attached hydrogen (secondary N) is 2. The van der Waals surface area contributed by atoms with Gasteiger partial charge in [0.25, 0.3) is 0 Å². The number of piperazine rings is 1. The summed E-state index contributed by atoms with van der Waals surface area (Å²) >= 11 is 1.99. The highest BCUT2D eigenvalue weighted by Gasteiger charge is 2.43. The summed E-state index contributed by atoms with van der Waals surface area (Å²) in [5, 5.41) is 7.10. The van der Waals surface area contributed by atoms with Gasteiger partial charge in [-0.3, -0.25) is 9.89 Å². The lowest BCUT2D eigenvalue weighted by molar-refractivity contribution is 0.0900. The molecule has 2 aliphatic rings. The molecule has 2 N–H and O–H groups in total. The van der Waals surface area contributed by atoms with Crippen LogP contribution in [-0.4, -0.2) is 79.4 Å². The van der Waals surface area contributed by atoms with Crippen LogP contribution in [0, 0.1) is 5.92 Å². The number of hydrogen-bond donors (Lipinski definition) is 2. The number of benzene rings is 1. The van der Waals surface area contributed by atoms with Crippen LogP contribution in [0.5, 0.6) is 0 Å². The monoisotopic (exact) mass is 417 g/mol. The highest BCUT2D eigenvalue weighted by Crippen LogP contribution is 2.51. The second-order valence-electron chi connectivity index (χ2n) is 8.82. The van der Waals surface area contributed by atoms with Crippen LogP contribution in [0.4, 0.5) is 0 Å². The Hall–Kier alpha value is -1.24. The van der Waals surface area contributed by atoms with E-state index in [9.17, 15) is 0 Å². The molecule has 1 aliphatic carbocycles. The van der Waals surface area contributed by atoms with Gasteiger partial charge < -0.3 is 15.5 Å². The van der Waals surface area contributed by atoms with Crippen molar-refractivity contribution in [3.8, 4) is 0 Å². The number of thioether (sulfide) groups is 1. The zero-order valence-corrected chi connectivity index (χ0v) is 19.5. The summed E-state index contributed by atoms with van der Waals surface area (Å²) in [6, 6.07) is 11.3. The van der Waals surface area contributed by atoms with Gasteiger partial charge in [0.1, 0.15) is 0 Å². The molecular weight excluding hydrogens is 378 g/mol. The summed E-state index contributed by atoms with van der Waals surface area (Å²) in [5.41, 5.74) is 0. The van der Waals surface area contributed by atoms with E-state index in [1.54, 1.807) is 0 Å². The SMILES string of the molecule is CCNC(=NCC1(Sc2ccccc2)CC1)NCC(C(C)C)N1CCN(C)CC1. The third-order valence-electron chi connectivity index (χ3n) is 6.01. The Morgan fingerprint density at radius 1 is 1.10 bits per heavy atom. The van der Waals surface area contributed by atoms with Gasteiger partial charge in [-0.1, -0.05) is 32.0 Å². The summed E-state index contributed by atoms with van der Waals surface area (Å²) < 4.78 is 0.290. The van der Waals surface area contributed by atoms with Gasteiger partial charge in [-0.05, 0) is 44.9 Å². The van der Waals surface area contributed by atoms with Crippen molar-refractivity contribution in [2.75, 3.05) is 52.9 Å². The maximum Gasteiger partial charge on any atom is 0.191 e. The van der Waals surface area contributed by atoms with Crippen molar-refractivity contribution in [1.82, 2.24) is 20.4 Å². The van der Waals surface area contributed by atoms with Crippen LogP contribution in [0.1, 0.15) is 33.6 Å². The molecule has 0 radical (unpaired) electrons. The molecule has 3 rings (SSSR count). The maximum absolute atomic E-state index is 4.98. The van der Waals surface area contributed by atoms with Gasteiger partial charge in [-0.25, -0.2) is 0 Å². The predicted molar refractivity (Wildman–Crippen MR) is 126 cm³/mol. The van der Waals surface area contributed by atoms with Crippen molar-refractivity contribution in [3.63, 3.8) is 0 Å². The van der Waals surface area contributed by atoms with E-state index < -0.39 is 0 Å². The molecular formula is C23H39N5S. The normalized spacial score (nSPS) is 21.2. The zero-order chi connectivity index (χ0) is 20.7. The van der Waals surface area contributed by atoms with Gasteiger partial charge >= 0.3 is 0 Å². The van der Waals surface area contributed by atoms with Gasteiger partial charge in [0.05, 0.1) is 6.54 Å². The number of likely N-dealkylation sites (N-methyl/N-ethyl adjacent to an activating group) is 1. The molecule has 1 unspecified atom stereocenters. The molecule has 0 aromatic heterocycles. The fraction of sp³-hybridized carbons (Fsp3) is 0.696. The average molecular weight is 418 g/mol. The van der Waals surface area contributed by atoms with Crippen LogP contribution in [0.3, 0.4) is 0 Å². The highest BCUT2D eigenvalue weighted by molar-refractivity contribution is 8.01. The van der Waals surface area contributed by atoms with Crippen molar-refractivity contribution < 1.29 is 0 Å². The van der Waals surface area contributed by atoms with Gasteiger partial charge in [-0.2, -0.15) is 0 Å². The van der Waals surface area contributed by atoms with Crippen LogP contribution in [-0.2, 0) is 0 Å². The summed E-state index contributed by atoms with van der Waals surface area (Å²) in [6.07, 6.45) is 2.51. The fourth-order valence-corrected chi connectivity index (χ4v) is 5.11.